The summed E-state index contributed by atoms with van der Waals surface area (Å²) in [4.78, 5) is 15.5. The molecule has 1 heterocycles. The molecular formula is C15H21BNO4. The molecule has 0 fully saturated rings. The zero-order chi connectivity index (χ0) is 16.1. The molecular weight excluding hydrogens is 269 g/mol. The number of carbonyl (C=O) groups excluding carboxylic acids is 1. The van der Waals surface area contributed by atoms with Gasteiger partial charge in [-0.1, -0.05) is 5.98 Å². The van der Waals surface area contributed by atoms with Crippen molar-refractivity contribution in [2.75, 3.05) is 7.11 Å². The van der Waals surface area contributed by atoms with Gasteiger partial charge in [0.1, 0.15) is 0 Å². The second-order valence-corrected chi connectivity index (χ2v) is 5.64. The number of pyridine rings is 1. The first-order valence-electron chi connectivity index (χ1n) is 6.62. The van der Waals surface area contributed by atoms with Gasteiger partial charge in [-0.25, -0.2) is 4.79 Å². The van der Waals surface area contributed by atoms with Gasteiger partial charge in [0.15, 0.2) is 0 Å². The van der Waals surface area contributed by atoms with E-state index < -0.39 is 17.2 Å². The van der Waals surface area contributed by atoms with Crippen LogP contribution in [0.2, 0.25) is 0 Å². The van der Waals surface area contributed by atoms with Gasteiger partial charge in [-0.3, -0.25) is 4.98 Å². The molecule has 21 heavy (non-hydrogen) atoms. The standard InChI is InChI=1S/C15H21BNO4/c1-14(2,19)15(3,4)21-16-8-6-12-10-11(7-9-17-12)13(18)20-5/h6-10,19H,1-5H3/b8-6+. The van der Waals surface area contributed by atoms with Crippen molar-refractivity contribution >= 4 is 19.5 Å². The van der Waals surface area contributed by atoms with E-state index in [-0.39, 0.29) is 0 Å². The van der Waals surface area contributed by atoms with Gasteiger partial charge in [-0.2, -0.15) is 0 Å². The summed E-state index contributed by atoms with van der Waals surface area (Å²) in [5, 5.41) is 9.95. The Hall–Kier alpha value is -1.66. The second-order valence-electron chi connectivity index (χ2n) is 5.64. The summed E-state index contributed by atoms with van der Waals surface area (Å²) in [5.74, 6) is 1.26. The summed E-state index contributed by atoms with van der Waals surface area (Å²) < 4.78 is 10.2. The Morgan fingerprint density at radius 1 is 1.38 bits per heavy atom. The second kappa shape index (κ2) is 6.87. The zero-order valence-electron chi connectivity index (χ0n) is 13.1. The van der Waals surface area contributed by atoms with Crippen molar-refractivity contribution in [2.45, 2.75) is 38.9 Å². The van der Waals surface area contributed by atoms with Crippen molar-refractivity contribution in [1.29, 1.82) is 0 Å². The van der Waals surface area contributed by atoms with Gasteiger partial charge in [0.25, 0.3) is 0 Å². The van der Waals surface area contributed by atoms with Crippen molar-refractivity contribution < 1.29 is 19.3 Å². The van der Waals surface area contributed by atoms with Gasteiger partial charge in [-0.05, 0) is 45.9 Å². The van der Waals surface area contributed by atoms with Crippen LogP contribution in [0.5, 0.6) is 0 Å². The summed E-state index contributed by atoms with van der Waals surface area (Å²) in [6.07, 6.45) is 3.24. The van der Waals surface area contributed by atoms with Crippen molar-refractivity contribution in [1.82, 2.24) is 4.98 Å². The molecule has 5 nitrogen and oxygen atoms in total. The Morgan fingerprint density at radius 2 is 2.05 bits per heavy atom. The maximum atomic E-state index is 11.4. The molecule has 0 aromatic carbocycles. The molecule has 1 N–H and O–H groups in total. The van der Waals surface area contributed by atoms with E-state index in [9.17, 15) is 9.90 Å². The highest BCUT2D eigenvalue weighted by molar-refractivity contribution is 6.35. The van der Waals surface area contributed by atoms with Crippen LogP contribution in [0.15, 0.2) is 24.3 Å². The third-order valence-electron chi connectivity index (χ3n) is 3.38. The molecule has 0 bridgehead atoms. The third kappa shape index (κ3) is 4.99. The van der Waals surface area contributed by atoms with Crippen molar-refractivity contribution in [2.24, 2.45) is 0 Å². The molecule has 0 saturated carbocycles. The lowest BCUT2D eigenvalue weighted by Gasteiger charge is -2.37. The Morgan fingerprint density at radius 3 is 2.62 bits per heavy atom. The quantitative estimate of drug-likeness (QED) is 0.641. The molecule has 0 unspecified atom stereocenters. The Balaban J connectivity index is 2.64. The van der Waals surface area contributed by atoms with Crippen LogP contribution in [0.3, 0.4) is 0 Å². The first-order valence-corrected chi connectivity index (χ1v) is 6.62. The lowest BCUT2D eigenvalue weighted by atomic mass is 9.86. The average molecular weight is 290 g/mol. The van der Waals surface area contributed by atoms with E-state index in [1.54, 1.807) is 51.9 Å². The van der Waals surface area contributed by atoms with E-state index in [2.05, 4.69) is 9.72 Å². The predicted octanol–water partition coefficient (Wildman–Crippen LogP) is 2.02. The van der Waals surface area contributed by atoms with Crippen LogP contribution in [0, 0.1) is 0 Å². The number of aromatic nitrogens is 1. The molecule has 1 aromatic rings. The molecule has 0 aliphatic heterocycles. The van der Waals surface area contributed by atoms with E-state index in [0.29, 0.717) is 11.3 Å². The molecule has 0 atom stereocenters. The van der Waals surface area contributed by atoms with Crippen molar-refractivity contribution in [3.8, 4) is 0 Å². The van der Waals surface area contributed by atoms with Gasteiger partial charge in [-0.15, -0.1) is 0 Å². The van der Waals surface area contributed by atoms with Crippen LogP contribution in [-0.4, -0.2) is 41.9 Å². The zero-order valence-corrected chi connectivity index (χ0v) is 13.1. The van der Waals surface area contributed by atoms with Gasteiger partial charge in [0, 0.05) is 6.20 Å². The number of nitrogens with zero attached hydrogens (tertiary/aromatic N) is 1. The first kappa shape index (κ1) is 17.4. The summed E-state index contributed by atoms with van der Waals surface area (Å²) in [6.45, 7) is 6.97. The Kier molecular flexibility index (Phi) is 5.69. The van der Waals surface area contributed by atoms with Gasteiger partial charge < -0.3 is 14.5 Å². The van der Waals surface area contributed by atoms with Crippen molar-refractivity contribution in [3.63, 3.8) is 0 Å². The minimum atomic E-state index is -0.972. The monoisotopic (exact) mass is 290 g/mol. The highest BCUT2D eigenvalue weighted by Gasteiger charge is 2.35. The van der Waals surface area contributed by atoms with E-state index in [0.717, 1.165) is 0 Å². The predicted molar refractivity (Wildman–Crippen MR) is 81.8 cm³/mol. The highest BCUT2D eigenvalue weighted by Crippen LogP contribution is 2.24. The number of aliphatic hydroxyl groups is 1. The number of hydrogen-bond acceptors (Lipinski definition) is 5. The van der Waals surface area contributed by atoms with Crippen molar-refractivity contribution in [3.05, 3.63) is 35.6 Å². The number of carbonyl (C=O) groups is 1. The average Bonchev–Trinajstić information content (AvgIpc) is 2.42. The molecule has 0 spiro atoms. The topological polar surface area (TPSA) is 68.7 Å². The molecule has 1 rings (SSSR count). The molecule has 1 aromatic heterocycles. The van der Waals surface area contributed by atoms with Crippen LogP contribution >= 0.6 is 0 Å². The lowest BCUT2D eigenvalue weighted by molar-refractivity contribution is -0.0894. The van der Waals surface area contributed by atoms with E-state index in [4.69, 9.17) is 4.65 Å². The highest BCUT2D eigenvalue weighted by atomic mass is 16.5. The molecule has 1 radical (unpaired) electrons. The Labute approximate surface area is 126 Å². The molecule has 0 aliphatic carbocycles. The smallest absolute Gasteiger partial charge is 0.337 e. The van der Waals surface area contributed by atoms with Crippen LogP contribution in [0.1, 0.15) is 43.7 Å². The minimum Gasteiger partial charge on any atom is -0.465 e. The number of esters is 1. The maximum absolute atomic E-state index is 11.4. The van der Waals surface area contributed by atoms with Crippen LogP contribution in [-0.2, 0) is 9.39 Å². The van der Waals surface area contributed by atoms with E-state index in [1.165, 1.54) is 20.8 Å². The molecule has 113 valence electrons. The fraction of sp³-hybridized carbons (Fsp3) is 0.467. The number of ether oxygens (including phenoxy) is 1. The van der Waals surface area contributed by atoms with E-state index in [1.807, 2.05) is 0 Å². The van der Waals surface area contributed by atoms with E-state index >= 15 is 0 Å². The summed E-state index contributed by atoms with van der Waals surface area (Å²) in [7, 11) is 2.82. The number of methoxy groups -OCH3 is 1. The third-order valence-corrected chi connectivity index (χ3v) is 3.38. The minimum absolute atomic E-state index is 0.407. The number of rotatable bonds is 6. The fourth-order valence-corrected chi connectivity index (χ4v) is 1.28. The molecule has 0 aliphatic rings. The first-order chi connectivity index (χ1) is 9.67. The van der Waals surface area contributed by atoms with Gasteiger partial charge >= 0.3 is 13.5 Å². The summed E-state index contributed by atoms with van der Waals surface area (Å²) in [5.41, 5.74) is -0.650. The normalized spacial score (nSPS) is 12.5. The molecule has 0 amide bonds. The fourth-order valence-electron chi connectivity index (χ4n) is 1.28. The van der Waals surface area contributed by atoms with Crippen LogP contribution in [0.4, 0.5) is 0 Å². The number of hydrogen-bond donors (Lipinski definition) is 1. The molecule has 0 saturated heterocycles. The van der Waals surface area contributed by atoms with Crippen LogP contribution < -0.4 is 0 Å². The Bertz CT molecular complexity index is 521. The summed E-state index contributed by atoms with van der Waals surface area (Å²) in [6, 6.07) is 3.21. The summed E-state index contributed by atoms with van der Waals surface area (Å²) >= 11 is 0. The maximum Gasteiger partial charge on any atom is 0.337 e. The van der Waals surface area contributed by atoms with Crippen LogP contribution in [0.25, 0.3) is 6.08 Å². The SMILES string of the molecule is COC(=O)c1ccnc(/C=C/[B]OC(C)(C)C(C)(C)O)c1. The van der Waals surface area contributed by atoms with Gasteiger partial charge in [0.2, 0.25) is 0 Å². The lowest BCUT2D eigenvalue weighted by Crippen LogP contribution is -2.47. The molecule has 6 heteroatoms. The van der Waals surface area contributed by atoms with Gasteiger partial charge in [0.05, 0.1) is 29.6 Å². The largest absolute Gasteiger partial charge is 0.465 e.